The molecule has 0 radical (unpaired) electrons. The van der Waals surface area contributed by atoms with Gasteiger partial charge < -0.3 is 10.4 Å². The highest BCUT2D eigenvalue weighted by Gasteiger charge is 2.17. The van der Waals surface area contributed by atoms with Gasteiger partial charge in [-0.05, 0) is 42.9 Å². The zero-order chi connectivity index (χ0) is 14.0. The van der Waals surface area contributed by atoms with Crippen molar-refractivity contribution in [2.45, 2.75) is 59.0 Å². The predicted molar refractivity (Wildman–Crippen MR) is 77.9 cm³/mol. The van der Waals surface area contributed by atoms with E-state index in [0.717, 1.165) is 6.54 Å². The van der Waals surface area contributed by atoms with Crippen molar-refractivity contribution in [3.63, 3.8) is 0 Å². The maximum absolute atomic E-state index is 9.23. The standard InChI is InChI=1S/C16H27NO/c1-12-9-14(15(2,3)4)8-7-13(12)10-17-16(5,6)11-18/h7-9,17-18H,10-11H2,1-6H3. The van der Waals surface area contributed by atoms with E-state index in [1.165, 1.54) is 16.7 Å². The van der Waals surface area contributed by atoms with Gasteiger partial charge in [0.05, 0.1) is 6.61 Å². The van der Waals surface area contributed by atoms with Gasteiger partial charge in [0.1, 0.15) is 0 Å². The van der Waals surface area contributed by atoms with E-state index in [9.17, 15) is 5.11 Å². The van der Waals surface area contributed by atoms with Crippen LogP contribution in [0, 0.1) is 6.92 Å². The molecule has 18 heavy (non-hydrogen) atoms. The van der Waals surface area contributed by atoms with E-state index in [-0.39, 0.29) is 17.6 Å². The summed E-state index contributed by atoms with van der Waals surface area (Å²) in [6, 6.07) is 6.66. The SMILES string of the molecule is Cc1cc(C(C)(C)C)ccc1CNC(C)(C)CO. The molecule has 0 heterocycles. The van der Waals surface area contributed by atoms with Crippen molar-refractivity contribution in [1.82, 2.24) is 5.32 Å². The maximum atomic E-state index is 9.23. The van der Waals surface area contributed by atoms with Crippen LogP contribution in [0.2, 0.25) is 0 Å². The van der Waals surface area contributed by atoms with Gasteiger partial charge in [-0.2, -0.15) is 0 Å². The molecular formula is C16H27NO. The minimum Gasteiger partial charge on any atom is -0.394 e. The lowest BCUT2D eigenvalue weighted by Crippen LogP contribution is -2.42. The second kappa shape index (κ2) is 5.41. The highest BCUT2D eigenvalue weighted by molar-refractivity contribution is 5.34. The molecular weight excluding hydrogens is 222 g/mol. The van der Waals surface area contributed by atoms with Crippen LogP contribution in [-0.2, 0) is 12.0 Å². The van der Waals surface area contributed by atoms with Crippen molar-refractivity contribution in [3.8, 4) is 0 Å². The minimum atomic E-state index is -0.227. The first-order chi connectivity index (χ1) is 8.15. The van der Waals surface area contributed by atoms with Gasteiger partial charge in [0, 0.05) is 12.1 Å². The lowest BCUT2D eigenvalue weighted by atomic mass is 9.85. The van der Waals surface area contributed by atoms with Crippen LogP contribution in [0.25, 0.3) is 0 Å². The molecule has 2 N–H and O–H groups in total. The Morgan fingerprint density at radius 1 is 1.11 bits per heavy atom. The van der Waals surface area contributed by atoms with Crippen LogP contribution in [-0.4, -0.2) is 17.3 Å². The number of aliphatic hydroxyl groups is 1. The molecule has 2 heteroatoms. The first-order valence-corrected chi connectivity index (χ1v) is 6.61. The maximum Gasteiger partial charge on any atom is 0.0607 e. The Hall–Kier alpha value is -0.860. The van der Waals surface area contributed by atoms with Gasteiger partial charge >= 0.3 is 0 Å². The zero-order valence-electron chi connectivity index (χ0n) is 12.6. The lowest BCUT2D eigenvalue weighted by Gasteiger charge is -2.25. The number of nitrogens with one attached hydrogen (secondary N) is 1. The molecule has 0 atom stereocenters. The van der Waals surface area contributed by atoms with Crippen LogP contribution in [0.15, 0.2) is 18.2 Å². The Balaban J connectivity index is 2.81. The van der Waals surface area contributed by atoms with Gasteiger partial charge in [-0.15, -0.1) is 0 Å². The Kier molecular flexibility index (Phi) is 4.57. The molecule has 0 spiro atoms. The smallest absolute Gasteiger partial charge is 0.0607 e. The summed E-state index contributed by atoms with van der Waals surface area (Å²) in [4.78, 5) is 0. The number of aryl methyl sites for hydroxylation is 1. The number of rotatable bonds is 4. The van der Waals surface area contributed by atoms with Crippen LogP contribution < -0.4 is 5.32 Å². The van der Waals surface area contributed by atoms with Crippen molar-refractivity contribution in [3.05, 3.63) is 34.9 Å². The average molecular weight is 249 g/mol. The van der Waals surface area contributed by atoms with Gasteiger partial charge in [-0.25, -0.2) is 0 Å². The average Bonchev–Trinajstić information content (AvgIpc) is 2.26. The van der Waals surface area contributed by atoms with Crippen molar-refractivity contribution in [2.24, 2.45) is 0 Å². The topological polar surface area (TPSA) is 32.3 Å². The molecule has 1 aromatic rings. The highest BCUT2D eigenvalue weighted by atomic mass is 16.3. The summed E-state index contributed by atoms with van der Waals surface area (Å²) in [6.07, 6.45) is 0. The first kappa shape index (κ1) is 15.2. The summed E-state index contributed by atoms with van der Waals surface area (Å²) in [6.45, 7) is 13.8. The molecule has 0 fully saturated rings. The summed E-state index contributed by atoms with van der Waals surface area (Å²) in [5.41, 5.74) is 3.94. The molecule has 0 aromatic heterocycles. The third kappa shape index (κ3) is 4.11. The van der Waals surface area contributed by atoms with Crippen LogP contribution in [0.3, 0.4) is 0 Å². The highest BCUT2D eigenvalue weighted by Crippen LogP contribution is 2.24. The monoisotopic (exact) mass is 249 g/mol. The molecule has 102 valence electrons. The molecule has 0 amide bonds. The number of aliphatic hydroxyl groups excluding tert-OH is 1. The number of hydrogen-bond donors (Lipinski definition) is 2. The van der Waals surface area contributed by atoms with Gasteiger partial charge in [0.15, 0.2) is 0 Å². The number of benzene rings is 1. The molecule has 2 nitrogen and oxygen atoms in total. The van der Waals surface area contributed by atoms with Gasteiger partial charge in [0.2, 0.25) is 0 Å². The quantitative estimate of drug-likeness (QED) is 0.859. The fraction of sp³-hybridized carbons (Fsp3) is 0.625. The Labute approximate surface area is 111 Å². The molecule has 0 aliphatic carbocycles. The molecule has 0 aliphatic heterocycles. The normalized spacial score (nSPS) is 12.8. The lowest BCUT2D eigenvalue weighted by molar-refractivity contribution is 0.187. The molecule has 0 saturated heterocycles. The fourth-order valence-corrected chi connectivity index (χ4v) is 1.75. The third-order valence-corrected chi connectivity index (χ3v) is 3.36. The minimum absolute atomic E-state index is 0.145. The van der Waals surface area contributed by atoms with Crippen LogP contribution in [0.4, 0.5) is 0 Å². The summed E-state index contributed by atoms with van der Waals surface area (Å²) < 4.78 is 0. The summed E-state index contributed by atoms with van der Waals surface area (Å²) in [7, 11) is 0. The zero-order valence-corrected chi connectivity index (χ0v) is 12.6. The summed E-state index contributed by atoms with van der Waals surface area (Å²) in [5, 5.41) is 12.6. The van der Waals surface area contributed by atoms with Gasteiger partial charge in [0.25, 0.3) is 0 Å². The van der Waals surface area contributed by atoms with Crippen molar-refractivity contribution in [2.75, 3.05) is 6.61 Å². The van der Waals surface area contributed by atoms with E-state index in [0.29, 0.717) is 0 Å². The largest absolute Gasteiger partial charge is 0.394 e. The van der Waals surface area contributed by atoms with E-state index >= 15 is 0 Å². The fourth-order valence-electron chi connectivity index (χ4n) is 1.75. The van der Waals surface area contributed by atoms with Crippen LogP contribution in [0.1, 0.15) is 51.3 Å². The van der Waals surface area contributed by atoms with Crippen molar-refractivity contribution in [1.29, 1.82) is 0 Å². The predicted octanol–water partition coefficient (Wildman–Crippen LogP) is 3.15. The van der Waals surface area contributed by atoms with E-state index in [1.54, 1.807) is 0 Å². The van der Waals surface area contributed by atoms with Crippen molar-refractivity contribution < 1.29 is 5.11 Å². The Bertz CT molecular complexity index is 402. The molecule has 0 aliphatic rings. The second-order valence-corrected chi connectivity index (χ2v) is 6.79. The summed E-state index contributed by atoms with van der Waals surface area (Å²) >= 11 is 0. The molecule has 1 rings (SSSR count). The molecule has 1 aromatic carbocycles. The Morgan fingerprint density at radius 3 is 2.17 bits per heavy atom. The third-order valence-electron chi connectivity index (χ3n) is 3.36. The molecule has 0 unspecified atom stereocenters. The first-order valence-electron chi connectivity index (χ1n) is 6.61. The van der Waals surface area contributed by atoms with E-state index in [2.05, 4.69) is 51.2 Å². The van der Waals surface area contributed by atoms with Gasteiger partial charge in [-0.1, -0.05) is 39.0 Å². The van der Waals surface area contributed by atoms with Gasteiger partial charge in [-0.3, -0.25) is 0 Å². The number of hydrogen-bond acceptors (Lipinski definition) is 2. The molecule has 0 bridgehead atoms. The van der Waals surface area contributed by atoms with E-state index in [1.807, 2.05) is 13.8 Å². The Morgan fingerprint density at radius 2 is 1.72 bits per heavy atom. The molecule has 0 saturated carbocycles. The van der Waals surface area contributed by atoms with E-state index in [4.69, 9.17) is 0 Å². The van der Waals surface area contributed by atoms with Crippen LogP contribution >= 0.6 is 0 Å². The van der Waals surface area contributed by atoms with Crippen LogP contribution in [0.5, 0.6) is 0 Å². The summed E-state index contributed by atoms with van der Waals surface area (Å²) in [5.74, 6) is 0. The van der Waals surface area contributed by atoms with E-state index < -0.39 is 0 Å². The second-order valence-electron chi connectivity index (χ2n) is 6.79. The van der Waals surface area contributed by atoms with Crippen molar-refractivity contribution >= 4 is 0 Å².